The van der Waals surface area contributed by atoms with Crippen molar-refractivity contribution in [2.75, 3.05) is 13.1 Å². The molecule has 1 unspecified atom stereocenters. The fourth-order valence-electron chi connectivity index (χ4n) is 2.65. The molecule has 0 aliphatic carbocycles. The van der Waals surface area contributed by atoms with Crippen LogP contribution < -0.4 is 4.72 Å². The molecule has 0 radical (unpaired) electrons. The molecule has 2 rings (SSSR count). The molecule has 0 saturated carbocycles. The van der Waals surface area contributed by atoms with E-state index in [4.69, 9.17) is 9.84 Å². The highest BCUT2D eigenvalue weighted by atomic mass is 32.2. The van der Waals surface area contributed by atoms with Crippen molar-refractivity contribution in [2.24, 2.45) is 0 Å². The lowest BCUT2D eigenvalue weighted by molar-refractivity contribution is 0.0194. The van der Waals surface area contributed by atoms with E-state index in [1.165, 1.54) is 23.1 Å². The summed E-state index contributed by atoms with van der Waals surface area (Å²) in [6, 6.07) is 4.69. The zero-order valence-corrected chi connectivity index (χ0v) is 15.9. The van der Waals surface area contributed by atoms with Gasteiger partial charge in [-0.15, -0.1) is 0 Å². The number of rotatable bonds is 4. The Morgan fingerprint density at radius 2 is 2.00 bits per heavy atom. The summed E-state index contributed by atoms with van der Waals surface area (Å²) in [5.41, 5.74) is -0.729. The van der Waals surface area contributed by atoms with Gasteiger partial charge in [0.2, 0.25) is 10.0 Å². The molecule has 1 aromatic carbocycles. The molecular weight excluding hydrogens is 360 g/mol. The molecule has 2 N–H and O–H groups in total. The minimum atomic E-state index is -3.89. The second-order valence-corrected chi connectivity index (χ2v) is 8.93. The fourth-order valence-corrected chi connectivity index (χ4v) is 3.96. The molecular formula is C17H24N2O6S. The van der Waals surface area contributed by atoms with Gasteiger partial charge < -0.3 is 14.7 Å². The lowest BCUT2D eigenvalue weighted by Crippen LogP contribution is -2.50. The van der Waals surface area contributed by atoms with E-state index in [2.05, 4.69) is 4.72 Å². The van der Waals surface area contributed by atoms with E-state index >= 15 is 0 Å². The Labute approximate surface area is 153 Å². The van der Waals surface area contributed by atoms with Crippen LogP contribution in [0, 0.1) is 0 Å². The van der Waals surface area contributed by atoms with Gasteiger partial charge in [-0.25, -0.2) is 22.7 Å². The van der Waals surface area contributed by atoms with Crippen molar-refractivity contribution in [3.8, 4) is 0 Å². The Bertz CT molecular complexity index is 785. The van der Waals surface area contributed by atoms with Gasteiger partial charge in [0.25, 0.3) is 0 Å². The van der Waals surface area contributed by atoms with Gasteiger partial charge in [-0.2, -0.15) is 0 Å². The molecule has 0 bridgehead atoms. The maximum Gasteiger partial charge on any atom is 0.410 e. The summed E-state index contributed by atoms with van der Waals surface area (Å²) < 4.78 is 33.0. The molecule has 0 spiro atoms. The van der Waals surface area contributed by atoms with Crippen LogP contribution in [0.1, 0.15) is 44.0 Å². The quantitative estimate of drug-likeness (QED) is 0.822. The second kappa shape index (κ2) is 7.63. The second-order valence-electron chi connectivity index (χ2n) is 7.22. The van der Waals surface area contributed by atoms with E-state index in [0.29, 0.717) is 19.4 Å². The number of sulfonamides is 1. The summed E-state index contributed by atoms with van der Waals surface area (Å²) in [6.45, 7) is 6.01. The van der Waals surface area contributed by atoms with Crippen molar-refractivity contribution >= 4 is 22.1 Å². The smallest absolute Gasteiger partial charge is 0.410 e. The number of nitrogens with zero attached hydrogens (tertiary/aromatic N) is 1. The number of ether oxygens (including phenoxy) is 1. The molecule has 1 saturated heterocycles. The first-order valence-corrected chi connectivity index (χ1v) is 9.80. The Kier molecular flexibility index (Phi) is 5.92. The maximum atomic E-state index is 12.5. The number of amides is 1. The fraction of sp³-hybridized carbons (Fsp3) is 0.529. The monoisotopic (exact) mass is 384 g/mol. The van der Waals surface area contributed by atoms with Gasteiger partial charge in [-0.05, 0) is 51.8 Å². The molecule has 1 aliphatic rings. The highest BCUT2D eigenvalue weighted by molar-refractivity contribution is 7.89. The van der Waals surface area contributed by atoms with Crippen LogP contribution in [0.2, 0.25) is 0 Å². The molecule has 9 heteroatoms. The number of piperidine rings is 1. The van der Waals surface area contributed by atoms with E-state index in [1.807, 2.05) is 0 Å². The summed E-state index contributed by atoms with van der Waals surface area (Å²) in [6.07, 6.45) is 0.743. The van der Waals surface area contributed by atoms with E-state index in [-0.39, 0.29) is 17.0 Å². The number of aromatic carboxylic acids is 1. The third-order valence-electron chi connectivity index (χ3n) is 3.79. The van der Waals surface area contributed by atoms with Gasteiger partial charge in [0, 0.05) is 19.1 Å². The average molecular weight is 384 g/mol. The number of carboxylic acid groups (broad SMARTS) is 1. The van der Waals surface area contributed by atoms with Crippen LogP contribution in [-0.4, -0.2) is 55.2 Å². The van der Waals surface area contributed by atoms with Crippen LogP contribution in [0.25, 0.3) is 0 Å². The molecule has 8 nitrogen and oxygen atoms in total. The van der Waals surface area contributed by atoms with Crippen LogP contribution in [-0.2, 0) is 14.8 Å². The minimum Gasteiger partial charge on any atom is -0.478 e. The normalized spacial score (nSPS) is 18.4. The van der Waals surface area contributed by atoms with Gasteiger partial charge in [-0.1, -0.05) is 6.07 Å². The highest BCUT2D eigenvalue weighted by Crippen LogP contribution is 2.18. The number of hydrogen-bond acceptors (Lipinski definition) is 5. The van der Waals surface area contributed by atoms with Crippen LogP contribution >= 0.6 is 0 Å². The third kappa shape index (κ3) is 5.43. The number of likely N-dealkylation sites (tertiary alicyclic amines) is 1. The minimum absolute atomic E-state index is 0.105. The number of hydrogen-bond donors (Lipinski definition) is 2. The highest BCUT2D eigenvalue weighted by Gasteiger charge is 2.30. The van der Waals surface area contributed by atoms with Crippen molar-refractivity contribution in [1.29, 1.82) is 0 Å². The van der Waals surface area contributed by atoms with Gasteiger partial charge >= 0.3 is 12.1 Å². The Hall–Kier alpha value is -2.13. The summed E-state index contributed by atoms with van der Waals surface area (Å²) in [5.74, 6) is -1.20. The van der Waals surface area contributed by atoms with Crippen molar-refractivity contribution in [3.05, 3.63) is 29.8 Å². The molecule has 0 aromatic heterocycles. The molecule has 1 heterocycles. The Morgan fingerprint density at radius 1 is 1.31 bits per heavy atom. The van der Waals surface area contributed by atoms with Crippen molar-refractivity contribution in [3.63, 3.8) is 0 Å². The average Bonchev–Trinajstić information content (AvgIpc) is 2.53. The zero-order chi connectivity index (χ0) is 19.5. The van der Waals surface area contributed by atoms with Crippen molar-refractivity contribution in [1.82, 2.24) is 9.62 Å². The number of carboxylic acids is 1. The third-order valence-corrected chi connectivity index (χ3v) is 5.30. The Balaban J connectivity index is 2.08. The molecule has 144 valence electrons. The van der Waals surface area contributed by atoms with Crippen LogP contribution in [0.15, 0.2) is 29.2 Å². The first kappa shape index (κ1) is 20.2. The van der Waals surface area contributed by atoms with E-state index < -0.39 is 33.7 Å². The number of carbonyl (C=O) groups excluding carboxylic acids is 1. The molecule has 1 atom stereocenters. The van der Waals surface area contributed by atoms with Gasteiger partial charge in [0.1, 0.15) is 5.60 Å². The van der Waals surface area contributed by atoms with Crippen LogP contribution in [0.5, 0.6) is 0 Å². The summed E-state index contributed by atoms with van der Waals surface area (Å²) in [7, 11) is -3.89. The predicted molar refractivity (Wildman–Crippen MR) is 94.6 cm³/mol. The maximum absolute atomic E-state index is 12.5. The van der Waals surface area contributed by atoms with E-state index in [9.17, 15) is 18.0 Å². The lowest BCUT2D eigenvalue weighted by Gasteiger charge is -2.34. The van der Waals surface area contributed by atoms with E-state index in [1.54, 1.807) is 20.8 Å². The topological polar surface area (TPSA) is 113 Å². The van der Waals surface area contributed by atoms with Crippen molar-refractivity contribution < 1.29 is 27.9 Å². The number of carbonyl (C=O) groups is 2. The lowest BCUT2D eigenvalue weighted by atomic mass is 10.1. The van der Waals surface area contributed by atoms with Gasteiger partial charge in [-0.3, -0.25) is 0 Å². The summed E-state index contributed by atoms with van der Waals surface area (Å²) in [4.78, 5) is 24.6. The molecule has 1 fully saturated rings. The molecule has 1 aromatic rings. The Morgan fingerprint density at radius 3 is 2.62 bits per heavy atom. The largest absolute Gasteiger partial charge is 0.478 e. The van der Waals surface area contributed by atoms with Crippen LogP contribution in [0.3, 0.4) is 0 Å². The SMILES string of the molecule is CC(C)(C)OC(=O)N1CCCC(NS(=O)(=O)c2cccc(C(=O)O)c2)C1. The first-order chi connectivity index (χ1) is 12.0. The standard InChI is InChI=1S/C17H24N2O6S/c1-17(2,3)25-16(22)19-9-5-7-13(11-19)18-26(23,24)14-8-4-6-12(10-14)15(20)21/h4,6,8,10,13,18H,5,7,9,11H2,1-3H3,(H,20,21). The van der Waals surface area contributed by atoms with Gasteiger partial charge in [0.15, 0.2) is 0 Å². The predicted octanol–water partition coefficient (Wildman–Crippen LogP) is 2.06. The summed E-state index contributed by atoms with van der Waals surface area (Å²) >= 11 is 0. The van der Waals surface area contributed by atoms with Crippen LogP contribution in [0.4, 0.5) is 4.79 Å². The van der Waals surface area contributed by atoms with Gasteiger partial charge in [0.05, 0.1) is 10.5 Å². The first-order valence-electron chi connectivity index (χ1n) is 8.31. The van der Waals surface area contributed by atoms with E-state index in [0.717, 1.165) is 6.07 Å². The van der Waals surface area contributed by atoms with Crippen molar-refractivity contribution in [2.45, 2.75) is 50.2 Å². The molecule has 1 amide bonds. The number of nitrogens with one attached hydrogen (secondary N) is 1. The number of benzene rings is 1. The zero-order valence-electron chi connectivity index (χ0n) is 15.1. The summed E-state index contributed by atoms with van der Waals surface area (Å²) in [5, 5.41) is 9.01. The molecule has 1 aliphatic heterocycles. The molecule has 26 heavy (non-hydrogen) atoms.